The first kappa shape index (κ1) is 10.3. The Bertz CT molecular complexity index is 174. The Hall–Kier alpha value is -0.740. The number of hydrogen-bond acceptors (Lipinski definition) is 0. The topological polar surface area (TPSA) is 0 Å². The molecule has 0 unspecified atom stereocenters. The molecule has 0 rings (SSSR count). The van der Waals surface area contributed by atoms with E-state index in [-0.39, 0.29) is 0 Å². The molecule has 0 aliphatic carbocycles. The summed E-state index contributed by atoms with van der Waals surface area (Å²) in [4.78, 5) is 0. The summed E-state index contributed by atoms with van der Waals surface area (Å²) in [6, 6.07) is 0. The van der Waals surface area contributed by atoms with Gasteiger partial charge in [0.05, 0.1) is 0 Å². The third-order valence-corrected chi connectivity index (χ3v) is 1.34. The van der Waals surface area contributed by atoms with Gasteiger partial charge >= 0.3 is 0 Å². The molecule has 0 saturated heterocycles. The zero-order chi connectivity index (χ0) is 8.69. The van der Waals surface area contributed by atoms with E-state index in [0.717, 1.165) is 12.8 Å². The van der Waals surface area contributed by atoms with Crippen molar-refractivity contribution in [3.8, 4) is 0 Å². The maximum atomic E-state index is 3.85. The van der Waals surface area contributed by atoms with E-state index < -0.39 is 0 Å². The van der Waals surface area contributed by atoms with Gasteiger partial charge in [0, 0.05) is 0 Å². The summed E-state index contributed by atoms with van der Waals surface area (Å²) in [6.07, 6.45) is 5.58. The minimum atomic E-state index is 1.12. The molecule has 0 aromatic rings. The SMILES string of the molecule is C=C(C)CCCC=C=C(C)C. The van der Waals surface area contributed by atoms with Crippen molar-refractivity contribution in [2.75, 3.05) is 0 Å². The summed E-state index contributed by atoms with van der Waals surface area (Å²) < 4.78 is 0. The molecule has 0 spiro atoms. The molecule has 0 heteroatoms. The standard InChI is InChI=1S/C11H18/c1-10(2)8-6-5-7-9-11(3)4/h7H,1,5-6,8H2,2-4H3. The molecule has 0 nitrogen and oxygen atoms in total. The number of rotatable bonds is 4. The highest BCUT2D eigenvalue weighted by Crippen LogP contribution is 2.03. The molecule has 0 aliphatic rings. The molecule has 0 bridgehead atoms. The van der Waals surface area contributed by atoms with Crippen LogP contribution in [-0.2, 0) is 0 Å². The van der Waals surface area contributed by atoms with Crippen molar-refractivity contribution in [2.45, 2.75) is 40.0 Å². The highest BCUT2D eigenvalue weighted by molar-refractivity contribution is 4.94. The van der Waals surface area contributed by atoms with Crippen molar-refractivity contribution in [3.05, 3.63) is 29.5 Å². The Balaban J connectivity index is 3.43. The van der Waals surface area contributed by atoms with Gasteiger partial charge in [-0.3, -0.25) is 0 Å². The third-order valence-electron chi connectivity index (χ3n) is 1.34. The van der Waals surface area contributed by atoms with Crippen LogP contribution in [0.4, 0.5) is 0 Å². The van der Waals surface area contributed by atoms with Crippen LogP contribution in [0, 0.1) is 0 Å². The van der Waals surface area contributed by atoms with Gasteiger partial charge in [-0.25, -0.2) is 0 Å². The lowest BCUT2D eigenvalue weighted by molar-refractivity contribution is 0.835. The average molecular weight is 150 g/mol. The van der Waals surface area contributed by atoms with E-state index in [9.17, 15) is 0 Å². The van der Waals surface area contributed by atoms with Crippen molar-refractivity contribution in [1.29, 1.82) is 0 Å². The first-order chi connectivity index (χ1) is 5.13. The van der Waals surface area contributed by atoms with Gasteiger partial charge in [0.2, 0.25) is 0 Å². The Labute approximate surface area is 70.3 Å². The Kier molecular flexibility index (Phi) is 5.60. The predicted octanol–water partition coefficient (Wildman–Crippen LogP) is 3.85. The smallest absolute Gasteiger partial charge is 0.0271 e. The van der Waals surface area contributed by atoms with Crippen molar-refractivity contribution in [2.24, 2.45) is 0 Å². The van der Waals surface area contributed by atoms with Crippen LogP contribution in [0.15, 0.2) is 29.5 Å². The molecule has 0 saturated carbocycles. The van der Waals surface area contributed by atoms with Gasteiger partial charge in [-0.2, -0.15) is 0 Å². The first-order valence-electron chi connectivity index (χ1n) is 4.15. The van der Waals surface area contributed by atoms with Gasteiger partial charge in [0.25, 0.3) is 0 Å². The van der Waals surface area contributed by atoms with Gasteiger partial charge in [0.1, 0.15) is 0 Å². The monoisotopic (exact) mass is 150 g/mol. The number of allylic oxidation sites excluding steroid dienone is 2. The van der Waals surface area contributed by atoms with Crippen LogP contribution < -0.4 is 0 Å². The minimum Gasteiger partial charge on any atom is -0.127 e. The molecule has 0 fully saturated rings. The summed E-state index contributed by atoms with van der Waals surface area (Å²) in [6.45, 7) is 10.1. The third kappa shape index (κ3) is 9.26. The van der Waals surface area contributed by atoms with Crippen molar-refractivity contribution in [1.82, 2.24) is 0 Å². The largest absolute Gasteiger partial charge is 0.127 e. The maximum absolute atomic E-state index is 3.85. The molecule has 0 aromatic heterocycles. The molecule has 11 heavy (non-hydrogen) atoms. The second-order valence-corrected chi connectivity index (χ2v) is 3.20. The van der Waals surface area contributed by atoms with Crippen LogP contribution in [0.1, 0.15) is 40.0 Å². The minimum absolute atomic E-state index is 1.12. The summed E-state index contributed by atoms with van der Waals surface area (Å²) in [5.41, 5.74) is 5.71. The fraction of sp³-hybridized carbons (Fsp3) is 0.545. The van der Waals surface area contributed by atoms with E-state index in [1.54, 1.807) is 0 Å². The van der Waals surface area contributed by atoms with Gasteiger partial charge in [-0.15, -0.1) is 12.3 Å². The lowest BCUT2D eigenvalue weighted by atomic mass is 10.1. The summed E-state index contributed by atoms with van der Waals surface area (Å²) in [7, 11) is 0. The Morgan fingerprint density at radius 2 is 2.00 bits per heavy atom. The molecule has 0 heterocycles. The van der Waals surface area contributed by atoms with E-state index in [1.807, 2.05) is 0 Å². The van der Waals surface area contributed by atoms with Crippen LogP contribution in [0.2, 0.25) is 0 Å². The van der Waals surface area contributed by atoms with Crippen molar-refractivity contribution >= 4 is 0 Å². The van der Waals surface area contributed by atoms with E-state index in [2.05, 4.69) is 39.2 Å². The molecule has 0 atom stereocenters. The average Bonchev–Trinajstić information content (AvgIpc) is 1.85. The van der Waals surface area contributed by atoms with Crippen LogP contribution in [0.3, 0.4) is 0 Å². The van der Waals surface area contributed by atoms with Gasteiger partial charge in [0.15, 0.2) is 0 Å². The number of unbranched alkanes of at least 4 members (excludes halogenated alkanes) is 1. The lowest BCUT2D eigenvalue weighted by Crippen LogP contribution is -1.73. The van der Waals surface area contributed by atoms with Crippen molar-refractivity contribution in [3.63, 3.8) is 0 Å². The molecular weight excluding hydrogens is 132 g/mol. The van der Waals surface area contributed by atoms with Gasteiger partial charge < -0.3 is 0 Å². The fourth-order valence-electron chi connectivity index (χ4n) is 0.782. The lowest BCUT2D eigenvalue weighted by Gasteiger charge is -1.93. The Morgan fingerprint density at radius 3 is 2.45 bits per heavy atom. The first-order valence-corrected chi connectivity index (χ1v) is 4.15. The van der Waals surface area contributed by atoms with Crippen molar-refractivity contribution < 1.29 is 0 Å². The highest BCUT2D eigenvalue weighted by atomic mass is 13.9. The molecule has 0 radical (unpaired) electrons. The molecule has 0 N–H and O–H groups in total. The zero-order valence-corrected chi connectivity index (χ0v) is 7.91. The van der Waals surface area contributed by atoms with E-state index >= 15 is 0 Å². The fourth-order valence-corrected chi connectivity index (χ4v) is 0.782. The maximum Gasteiger partial charge on any atom is -0.0271 e. The van der Waals surface area contributed by atoms with E-state index in [1.165, 1.54) is 17.6 Å². The summed E-state index contributed by atoms with van der Waals surface area (Å²) >= 11 is 0. The second kappa shape index (κ2) is 6.00. The predicted molar refractivity (Wildman–Crippen MR) is 51.6 cm³/mol. The van der Waals surface area contributed by atoms with E-state index in [0.29, 0.717) is 0 Å². The normalized spacial score (nSPS) is 8.64. The van der Waals surface area contributed by atoms with Crippen LogP contribution >= 0.6 is 0 Å². The molecule has 0 amide bonds. The highest BCUT2D eigenvalue weighted by Gasteiger charge is 1.84. The number of hydrogen-bond donors (Lipinski definition) is 0. The van der Waals surface area contributed by atoms with Crippen LogP contribution in [0.5, 0.6) is 0 Å². The van der Waals surface area contributed by atoms with Crippen LogP contribution in [-0.4, -0.2) is 0 Å². The molecular formula is C11H18. The summed E-state index contributed by atoms with van der Waals surface area (Å²) in [5, 5.41) is 0. The molecule has 0 aromatic carbocycles. The second-order valence-electron chi connectivity index (χ2n) is 3.20. The van der Waals surface area contributed by atoms with Gasteiger partial charge in [-0.1, -0.05) is 5.57 Å². The molecule has 0 aliphatic heterocycles. The van der Waals surface area contributed by atoms with Gasteiger partial charge in [-0.05, 0) is 51.7 Å². The van der Waals surface area contributed by atoms with E-state index in [4.69, 9.17) is 0 Å². The Morgan fingerprint density at radius 1 is 1.36 bits per heavy atom. The molecule has 62 valence electrons. The zero-order valence-electron chi connectivity index (χ0n) is 7.91. The summed E-state index contributed by atoms with van der Waals surface area (Å²) in [5.74, 6) is 0. The quantitative estimate of drug-likeness (QED) is 0.324. The van der Waals surface area contributed by atoms with Crippen LogP contribution in [0.25, 0.3) is 0 Å².